The summed E-state index contributed by atoms with van der Waals surface area (Å²) in [6.45, 7) is -0.458. The number of para-hydroxylation sites is 1. The van der Waals surface area contributed by atoms with Gasteiger partial charge < -0.3 is 10.1 Å². The van der Waals surface area contributed by atoms with Crippen LogP contribution in [0.4, 0.5) is 5.69 Å². The molecule has 1 heterocycles. The molecule has 0 spiro atoms. The van der Waals surface area contributed by atoms with E-state index in [1.807, 2.05) is 30.3 Å². The van der Waals surface area contributed by atoms with Crippen molar-refractivity contribution in [3.8, 4) is 0 Å². The van der Waals surface area contributed by atoms with E-state index < -0.39 is 18.5 Å². The lowest BCUT2D eigenvalue weighted by Gasteiger charge is -2.11. The Hall–Kier alpha value is -3.55. The second kappa shape index (κ2) is 10.4. The van der Waals surface area contributed by atoms with Gasteiger partial charge in [-0.15, -0.1) is 11.3 Å². The molecule has 0 bridgehead atoms. The van der Waals surface area contributed by atoms with Crippen LogP contribution >= 0.6 is 22.9 Å². The van der Waals surface area contributed by atoms with E-state index in [4.69, 9.17) is 16.3 Å². The van der Waals surface area contributed by atoms with Crippen molar-refractivity contribution >= 4 is 56.5 Å². The summed E-state index contributed by atoms with van der Waals surface area (Å²) in [5, 5.41) is 3.83. The highest BCUT2D eigenvalue weighted by Crippen LogP contribution is 2.24. The van der Waals surface area contributed by atoms with Crippen molar-refractivity contribution in [2.75, 3.05) is 11.9 Å². The summed E-state index contributed by atoms with van der Waals surface area (Å²) in [7, 11) is 0. The number of nitrogens with zero attached hydrogens (tertiary/aromatic N) is 1. The molecular weight excluding hydrogens is 460 g/mol. The molecule has 3 aromatic carbocycles. The zero-order valence-corrected chi connectivity index (χ0v) is 19.0. The first-order chi connectivity index (χ1) is 16.0. The van der Waals surface area contributed by atoms with Crippen molar-refractivity contribution in [3.05, 3.63) is 94.0 Å². The molecule has 0 aliphatic carbocycles. The van der Waals surface area contributed by atoms with Crippen molar-refractivity contribution in [1.29, 1.82) is 0 Å². The third kappa shape index (κ3) is 5.83. The van der Waals surface area contributed by atoms with Gasteiger partial charge >= 0.3 is 5.97 Å². The van der Waals surface area contributed by atoms with Crippen molar-refractivity contribution in [2.24, 2.45) is 0 Å². The number of ether oxygens (including phenoxy) is 1. The number of halogens is 1. The number of carbonyl (C=O) groups is 3. The fourth-order valence-electron chi connectivity index (χ4n) is 3.20. The summed E-state index contributed by atoms with van der Waals surface area (Å²) in [5.41, 5.74) is 1.92. The second-order valence-corrected chi connectivity index (χ2v) is 8.72. The normalized spacial score (nSPS) is 10.7. The van der Waals surface area contributed by atoms with Crippen LogP contribution in [0.1, 0.15) is 27.3 Å². The molecule has 1 N–H and O–H groups in total. The zero-order chi connectivity index (χ0) is 23.2. The number of benzene rings is 3. The Labute approximate surface area is 199 Å². The molecular formula is C25H19ClN2O4S. The summed E-state index contributed by atoms with van der Waals surface area (Å²) in [6.07, 6.45) is 0.554. The number of carbonyl (C=O) groups excluding carboxylic acids is 3. The van der Waals surface area contributed by atoms with Crippen LogP contribution in [0.3, 0.4) is 0 Å². The number of amides is 1. The van der Waals surface area contributed by atoms with E-state index in [9.17, 15) is 14.4 Å². The number of ketones is 1. The number of hydrogen-bond acceptors (Lipinski definition) is 6. The largest absolute Gasteiger partial charge is 0.456 e. The Kier molecular flexibility index (Phi) is 7.12. The predicted molar refractivity (Wildman–Crippen MR) is 129 cm³/mol. The minimum atomic E-state index is -0.548. The summed E-state index contributed by atoms with van der Waals surface area (Å²) >= 11 is 7.59. The quantitative estimate of drug-likeness (QED) is 0.274. The van der Waals surface area contributed by atoms with E-state index in [-0.39, 0.29) is 17.8 Å². The molecule has 8 heteroatoms. The van der Waals surface area contributed by atoms with Crippen LogP contribution in [0.2, 0.25) is 5.02 Å². The van der Waals surface area contributed by atoms with Gasteiger partial charge in [0, 0.05) is 22.6 Å². The number of aromatic nitrogens is 1. The molecule has 33 heavy (non-hydrogen) atoms. The monoisotopic (exact) mass is 478 g/mol. The minimum Gasteiger partial charge on any atom is -0.456 e. The maximum atomic E-state index is 12.9. The molecule has 166 valence electrons. The van der Waals surface area contributed by atoms with Crippen LogP contribution in [0, 0.1) is 0 Å². The highest BCUT2D eigenvalue weighted by Gasteiger charge is 2.17. The number of fused-ring (bicyclic) bond motifs is 1. The van der Waals surface area contributed by atoms with Gasteiger partial charge in [0.25, 0.3) is 5.91 Å². The van der Waals surface area contributed by atoms with Crippen molar-refractivity contribution in [2.45, 2.75) is 12.8 Å². The van der Waals surface area contributed by atoms with Gasteiger partial charge in [0.05, 0.1) is 27.3 Å². The Morgan fingerprint density at radius 3 is 2.52 bits per heavy atom. The Balaban J connectivity index is 1.33. The average Bonchev–Trinajstić information content (AvgIpc) is 3.26. The molecule has 4 rings (SSSR count). The number of hydrogen-bond donors (Lipinski definition) is 1. The first kappa shape index (κ1) is 22.6. The molecule has 0 radical (unpaired) electrons. The maximum Gasteiger partial charge on any atom is 0.306 e. The summed E-state index contributed by atoms with van der Waals surface area (Å²) in [5.74, 6) is -1.32. The highest BCUT2D eigenvalue weighted by atomic mass is 35.5. The van der Waals surface area contributed by atoms with Crippen molar-refractivity contribution in [1.82, 2.24) is 4.98 Å². The number of esters is 1. The van der Waals surface area contributed by atoms with Gasteiger partial charge in [0.15, 0.2) is 12.4 Å². The molecule has 1 aromatic heterocycles. The number of aryl methyl sites for hydroxylation is 1. The topological polar surface area (TPSA) is 85.4 Å². The van der Waals surface area contributed by atoms with Gasteiger partial charge in [-0.25, -0.2) is 4.98 Å². The van der Waals surface area contributed by atoms with Gasteiger partial charge in [-0.2, -0.15) is 0 Å². The Morgan fingerprint density at radius 1 is 0.970 bits per heavy atom. The number of nitrogens with one attached hydrogen (secondary N) is 1. The molecule has 0 atom stereocenters. The summed E-state index contributed by atoms with van der Waals surface area (Å²) in [4.78, 5) is 41.8. The first-order valence-electron chi connectivity index (χ1n) is 10.2. The standard InChI is InChI=1S/C25H19ClN2O4S/c26-17-10-11-19(18(14-17)25(31)16-6-2-1-3-7-16)27-22(29)15-32-24(30)13-12-23-28-20-8-4-5-9-21(20)33-23/h1-11,14H,12-13,15H2,(H,27,29). The molecule has 0 unspecified atom stereocenters. The Morgan fingerprint density at radius 2 is 1.73 bits per heavy atom. The first-order valence-corrected chi connectivity index (χ1v) is 11.4. The lowest BCUT2D eigenvalue weighted by Crippen LogP contribution is -2.22. The molecule has 0 saturated heterocycles. The van der Waals surface area contributed by atoms with E-state index in [1.165, 1.54) is 17.4 Å². The molecule has 4 aromatic rings. The van der Waals surface area contributed by atoms with Crippen molar-refractivity contribution < 1.29 is 19.1 Å². The van der Waals surface area contributed by atoms with Crippen LogP contribution in [0.15, 0.2) is 72.8 Å². The highest BCUT2D eigenvalue weighted by molar-refractivity contribution is 7.18. The average molecular weight is 479 g/mol. The van der Waals surface area contributed by atoms with Gasteiger partial charge in [0.2, 0.25) is 0 Å². The van der Waals surface area contributed by atoms with Gasteiger partial charge in [-0.1, -0.05) is 54.1 Å². The lowest BCUT2D eigenvalue weighted by molar-refractivity contribution is -0.147. The maximum absolute atomic E-state index is 12.9. The number of rotatable bonds is 8. The molecule has 6 nitrogen and oxygen atoms in total. The SMILES string of the molecule is O=C(COC(=O)CCc1nc2ccccc2s1)Nc1ccc(Cl)cc1C(=O)c1ccccc1. The fourth-order valence-corrected chi connectivity index (χ4v) is 4.34. The van der Waals surface area contributed by atoms with Crippen molar-refractivity contribution in [3.63, 3.8) is 0 Å². The second-order valence-electron chi connectivity index (χ2n) is 7.17. The Bertz CT molecular complexity index is 1290. The van der Waals surface area contributed by atoms with Gasteiger partial charge in [0.1, 0.15) is 0 Å². The number of thiazole rings is 1. The smallest absolute Gasteiger partial charge is 0.306 e. The fraction of sp³-hybridized carbons (Fsp3) is 0.120. The summed E-state index contributed by atoms with van der Waals surface area (Å²) in [6, 6.07) is 21.1. The molecule has 1 amide bonds. The van der Waals surface area contributed by atoms with E-state index in [1.54, 1.807) is 36.4 Å². The lowest BCUT2D eigenvalue weighted by atomic mass is 10.0. The molecule has 0 fully saturated rings. The van der Waals surface area contributed by atoms with Crippen LogP contribution in [0.5, 0.6) is 0 Å². The van der Waals surface area contributed by atoms with Crippen LogP contribution in [0.25, 0.3) is 10.2 Å². The zero-order valence-electron chi connectivity index (χ0n) is 17.4. The summed E-state index contributed by atoms with van der Waals surface area (Å²) < 4.78 is 6.15. The third-order valence-electron chi connectivity index (χ3n) is 4.78. The van der Waals surface area contributed by atoms with E-state index >= 15 is 0 Å². The van der Waals surface area contributed by atoms with E-state index in [2.05, 4.69) is 10.3 Å². The van der Waals surface area contributed by atoms with E-state index in [0.717, 1.165) is 15.2 Å². The van der Waals surface area contributed by atoms with Gasteiger partial charge in [-0.3, -0.25) is 14.4 Å². The van der Waals surface area contributed by atoms with Crippen LogP contribution in [-0.2, 0) is 20.7 Å². The van der Waals surface area contributed by atoms with Crippen LogP contribution < -0.4 is 5.32 Å². The molecule has 0 aliphatic rings. The number of anilines is 1. The third-order valence-corrected chi connectivity index (χ3v) is 6.11. The minimum absolute atomic E-state index is 0.117. The molecule has 0 aliphatic heterocycles. The van der Waals surface area contributed by atoms with E-state index in [0.29, 0.717) is 22.7 Å². The van der Waals surface area contributed by atoms with Gasteiger partial charge in [-0.05, 0) is 30.3 Å². The predicted octanol–water partition coefficient (Wildman–Crippen LogP) is 5.30. The molecule has 0 saturated carbocycles. The van der Waals surface area contributed by atoms with Crippen LogP contribution in [-0.4, -0.2) is 29.3 Å².